The van der Waals surface area contributed by atoms with Gasteiger partial charge in [-0.3, -0.25) is 4.79 Å². The van der Waals surface area contributed by atoms with Crippen molar-refractivity contribution in [1.29, 1.82) is 0 Å². The standard InChI is InChI=1S/C15H23N3O.2ClH/c16-12-14(13-6-2-1-3-7-13)15(19)17-8-11-18-9-4-5-10-18;;/h1-3,6-7,14H,4-5,8-12,16H2,(H,17,19);2*1H. The minimum Gasteiger partial charge on any atom is -0.354 e. The molecule has 1 saturated heterocycles. The number of amides is 1. The summed E-state index contributed by atoms with van der Waals surface area (Å²) in [5.74, 6) is -0.201. The molecular weight excluding hydrogens is 309 g/mol. The van der Waals surface area contributed by atoms with Crippen LogP contribution in [-0.2, 0) is 4.79 Å². The first-order valence-electron chi connectivity index (χ1n) is 7.06. The van der Waals surface area contributed by atoms with Crippen LogP contribution in [0.25, 0.3) is 0 Å². The van der Waals surface area contributed by atoms with Crippen LogP contribution in [0.3, 0.4) is 0 Å². The molecule has 0 aromatic heterocycles. The van der Waals surface area contributed by atoms with Gasteiger partial charge in [0.15, 0.2) is 0 Å². The Morgan fingerprint density at radius 2 is 1.81 bits per heavy atom. The van der Waals surface area contributed by atoms with Crippen LogP contribution < -0.4 is 11.1 Å². The van der Waals surface area contributed by atoms with Crippen molar-refractivity contribution in [3.8, 4) is 0 Å². The molecule has 0 bridgehead atoms. The van der Waals surface area contributed by atoms with E-state index in [0.717, 1.165) is 25.2 Å². The Balaban J connectivity index is 0.00000200. The van der Waals surface area contributed by atoms with Crippen molar-refractivity contribution in [2.45, 2.75) is 18.8 Å². The first-order valence-corrected chi connectivity index (χ1v) is 7.06. The number of rotatable bonds is 6. The van der Waals surface area contributed by atoms with Gasteiger partial charge in [-0.05, 0) is 31.5 Å². The zero-order valence-electron chi connectivity index (χ0n) is 12.2. The van der Waals surface area contributed by atoms with Crippen LogP contribution in [0.4, 0.5) is 0 Å². The average molecular weight is 334 g/mol. The minimum absolute atomic E-state index is 0. The Kier molecular flexibility index (Phi) is 10.4. The highest BCUT2D eigenvalue weighted by Crippen LogP contribution is 2.14. The monoisotopic (exact) mass is 333 g/mol. The van der Waals surface area contributed by atoms with Gasteiger partial charge in [0, 0.05) is 19.6 Å². The van der Waals surface area contributed by atoms with Crippen molar-refractivity contribution in [2.24, 2.45) is 5.73 Å². The quantitative estimate of drug-likeness (QED) is 0.834. The average Bonchev–Trinajstić information content (AvgIpc) is 2.94. The highest BCUT2D eigenvalue weighted by Gasteiger charge is 2.18. The lowest BCUT2D eigenvalue weighted by molar-refractivity contribution is -0.122. The predicted octanol–water partition coefficient (Wildman–Crippen LogP) is 1.78. The summed E-state index contributed by atoms with van der Waals surface area (Å²) < 4.78 is 0. The SMILES string of the molecule is Cl.Cl.NCC(C(=O)NCCN1CCCC1)c1ccccc1. The molecule has 0 saturated carbocycles. The second-order valence-electron chi connectivity index (χ2n) is 5.04. The maximum atomic E-state index is 12.1. The molecule has 0 radical (unpaired) electrons. The fourth-order valence-corrected chi connectivity index (χ4v) is 2.55. The second kappa shape index (κ2) is 10.9. The van der Waals surface area contributed by atoms with Gasteiger partial charge in [-0.1, -0.05) is 30.3 Å². The molecule has 1 aliphatic rings. The molecule has 6 heteroatoms. The van der Waals surface area contributed by atoms with Crippen LogP contribution >= 0.6 is 24.8 Å². The third-order valence-corrected chi connectivity index (χ3v) is 3.68. The molecule has 2 rings (SSSR count). The summed E-state index contributed by atoms with van der Waals surface area (Å²) >= 11 is 0. The first kappa shape index (κ1) is 20.2. The molecule has 1 aromatic rings. The maximum absolute atomic E-state index is 12.1. The molecule has 0 spiro atoms. The topological polar surface area (TPSA) is 58.4 Å². The molecule has 4 nitrogen and oxygen atoms in total. The summed E-state index contributed by atoms with van der Waals surface area (Å²) in [4.78, 5) is 14.5. The number of carbonyl (C=O) groups excluding carboxylic acids is 1. The third-order valence-electron chi connectivity index (χ3n) is 3.68. The van der Waals surface area contributed by atoms with Gasteiger partial charge in [-0.25, -0.2) is 0 Å². The molecule has 1 amide bonds. The Morgan fingerprint density at radius 1 is 1.19 bits per heavy atom. The number of nitrogens with two attached hydrogens (primary N) is 1. The molecule has 3 N–H and O–H groups in total. The second-order valence-corrected chi connectivity index (χ2v) is 5.04. The maximum Gasteiger partial charge on any atom is 0.228 e. The number of likely N-dealkylation sites (tertiary alicyclic amines) is 1. The summed E-state index contributed by atoms with van der Waals surface area (Å²) in [7, 11) is 0. The van der Waals surface area contributed by atoms with Gasteiger partial charge in [0.05, 0.1) is 5.92 Å². The first-order chi connectivity index (χ1) is 9.31. The Bertz CT molecular complexity index is 397. The van der Waals surface area contributed by atoms with Gasteiger partial charge in [-0.2, -0.15) is 0 Å². The van der Waals surface area contributed by atoms with Gasteiger partial charge < -0.3 is 16.0 Å². The molecule has 120 valence electrons. The molecule has 1 fully saturated rings. The largest absolute Gasteiger partial charge is 0.354 e. The summed E-state index contributed by atoms with van der Waals surface area (Å²) in [5.41, 5.74) is 6.72. The van der Waals surface area contributed by atoms with E-state index in [0.29, 0.717) is 13.1 Å². The van der Waals surface area contributed by atoms with Gasteiger partial charge in [0.1, 0.15) is 0 Å². The van der Waals surface area contributed by atoms with E-state index in [1.165, 1.54) is 12.8 Å². The van der Waals surface area contributed by atoms with Crippen molar-refractivity contribution in [1.82, 2.24) is 10.2 Å². The molecule has 1 aromatic carbocycles. The smallest absolute Gasteiger partial charge is 0.228 e. The minimum atomic E-state index is -0.236. The molecule has 1 heterocycles. The Hall–Kier alpha value is -0.810. The zero-order valence-corrected chi connectivity index (χ0v) is 13.8. The molecular formula is C15H25Cl2N3O. The Labute approximate surface area is 139 Å². The van der Waals surface area contributed by atoms with Crippen LogP contribution in [-0.4, -0.2) is 43.5 Å². The Morgan fingerprint density at radius 3 is 2.38 bits per heavy atom. The number of nitrogens with one attached hydrogen (secondary N) is 1. The van der Waals surface area contributed by atoms with Crippen molar-refractivity contribution >= 4 is 30.7 Å². The fraction of sp³-hybridized carbons (Fsp3) is 0.533. The van der Waals surface area contributed by atoms with Crippen molar-refractivity contribution in [3.05, 3.63) is 35.9 Å². The summed E-state index contributed by atoms with van der Waals surface area (Å²) in [6, 6.07) is 9.74. The number of benzene rings is 1. The van der Waals surface area contributed by atoms with Crippen LogP contribution in [0, 0.1) is 0 Å². The van der Waals surface area contributed by atoms with Crippen molar-refractivity contribution in [2.75, 3.05) is 32.7 Å². The molecule has 1 aliphatic heterocycles. The lowest BCUT2D eigenvalue weighted by Crippen LogP contribution is -2.38. The zero-order chi connectivity index (χ0) is 13.5. The van der Waals surface area contributed by atoms with Gasteiger partial charge in [0.2, 0.25) is 5.91 Å². The normalized spacial score (nSPS) is 15.7. The van der Waals surface area contributed by atoms with Crippen LogP contribution in [0.5, 0.6) is 0 Å². The van der Waals surface area contributed by atoms with E-state index < -0.39 is 0 Å². The highest BCUT2D eigenvalue weighted by molar-refractivity contribution is 5.85. The summed E-state index contributed by atoms with van der Waals surface area (Å²) in [5, 5.41) is 3.00. The predicted molar refractivity (Wildman–Crippen MR) is 91.4 cm³/mol. The van der Waals surface area contributed by atoms with Crippen molar-refractivity contribution in [3.63, 3.8) is 0 Å². The van der Waals surface area contributed by atoms with E-state index in [1.54, 1.807) is 0 Å². The number of hydrogen-bond acceptors (Lipinski definition) is 3. The van der Waals surface area contributed by atoms with Crippen LogP contribution in [0.2, 0.25) is 0 Å². The molecule has 1 atom stereocenters. The van der Waals surface area contributed by atoms with E-state index in [2.05, 4.69) is 10.2 Å². The van der Waals surface area contributed by atoms with E-state index in [-0.39, 0.29) is 36.6 Å². The number of hydrogen-bond donors (Lipinski definition) is 2. The van der Waals surface area contributed by atoms with Crippen LogP contribution in [0.1, 0.15) is 24.3 Å². The van der Waals surface area contributed by atoms with E-state index in [4.69, 9.17) is 5.73 Å². The van der Waals surface area contributed by atoms with E-state index in [1.807, 2.05) is 30.3 Å². The lowest BCUT2D eigenvalue weighted by atomic mass is 9.98. The summed E-state index contributed by atoms with van der Waals surface area (Å²) in [6.45, 7) is 4.32. The van der Waals surface area contributed by atoms with E-state index >= 15 is 0 Å². The van der Waals surface area contributed by atoms with Gasteiger partial charge in [0.25, 0.3) is 0 Å². The van der Waals surface area contributed by atoms with Gasteiger partial charge in [-0.15, -0.1) is 24.8 Å². The molecule has 0 aliphatic carbocycles. The summed E-state index contributed by atoms with van der Waals surface area (Å²) in [6.07, 6.45) is 2.56. The van der Waals surface area contributed by atoms with Crippen LogP contribution in [0.15, 0.2) is 30.3 Å². The van der Waals surface area contributed by atoms with Gasteiger partial charge >= 0.3 is 0 Å². The number of halogens is 2. The third kappa shape index (κ3) is 6.22. The van der Waals surface area contributed by atoms with Crippen molar-refractivity contribution < 1.29 is 4.79 Å². The number of carbonyl (C=O) groups is 1. The molecule has 21 heavy (non-hydrogen) atoms. The highest BCUT2D eigenvalue weighted by atomic mass is 35.5. The lowest BCUT2D eigenvalue weighted by Gasteiger charge is -2.18. The number of nitrogens with zero attached hydrogens (tertiary/aromatic N) is 1. The molecule has 1 unspecified atom stereocenters. The van der Waals surface area contributed by atoms with E-state index in [9.17, 15) is 4.79 Å². The fourth-order valence-electron chi connectivity index (χ4n) is 2.55.